The molecular formula is C19H20F3N5O5S. The standard InChI is InChI=1S/C19H20F3N5O5S/c20-8-1-7(2-9(21)15(8)22)10(24)5-25-16-17(30)13(6-28)32-19(18(16)31)33-14-3-12(29)11(4-23)26-27-14/h1-3,5,11,13,16-19,25-26,28-31H,6,24H2/b10-5-. The predicted molar refractivity (Wildman–Crippen MR) is 111 cm³/mol. The van der Waals surface area contributed by atoms with Crippen molar-refractivity contribution >= 4 is 22.5 Å². The molecule has 2 aliphatic rings. The van der Waals surface area contributed by atoms with Crippen LogP contribution in [-0.4, -0.2) is 67.9 Å². The molecule has 0 saturated carbocycles. The monoisotopic (exact) mass is 487 g/mol. The van der Waals surface area contributed by atoms with E-state index in [9.17, 15) is 33.6 Å². The number of nitrogens with two attached hydrogens (primary N) is 1. The van der Waals surface area contributed by atoms with E-state index in [-0.39, 0.29) is 22.1 Å². The maximum atomic E-state index is 13.5. The highest BCUT2D eigenvalue weighted by Crippen LogP contribution is 2.31. The van der Waals surface area contributed by atoms with Gasteiger partial charge in [-0.25, -0.2) is 13.2 Å². The first-order chi connectivity index (χ1) is 15.7. The van der Waals surface area contributed by atoms with Gasteiger partial charge in [0.2, 0.25) is 0 Å². The Morgan fingerprint density at radius 3 is 2.55 bits per heavy atom. The molecular weight excluding hydrogens is 467 g/mol. The number of benzene rings is 1. The van der Waals surface area contributed by atoms with Crippen LogP contribution in [0.2, 0.25) is 0 Å². The van der Waals surface area contributed by atoms with Gasteiger partial charge in [-0.2, -0.15) is 10.4 Å². The highest BCUT2D eigenvalue weighted by atomic mass is 32.2. The van der Waals surface area contributed by atoms with Crippen molar-refractivity contribution in [3.8, 4) is 6.07 Å². The minimum atomic E-state index is -1.65. The topological polar surface area (TPSA) is 176 Å². The van der Waals surface area contributed by atoms with E-state index in [2.05, 4.69) is 15.8 Å². The van der Waals surface area contributed by atoms with Crippen LogP contribution in [0.1, 0.15) is 5.56 Å². The third-order valence-electron chi connectivity index (χ3n) is 4.87. The van der Waals surface area contributed by atoms with Crippen LogP contribution in [0.3, 0.4) is 0 Å². The summed E-state index contributed by atoms with van der Waals surface area (Å²) in [6.07, 6.45) is -1.73. The van der Waals surface area contributed by atoms with Gasteiger partial charge in [0.25, 0.3) is 0 Å². The minimum absolute atomic E-state index is 0.155. The van der Waals surface area contributed by atoms with E-state index in [1.54, 1.807) is 6.07 Å². The fourth-order valence-corrected chi connectivity index (χ4v) is 4.12. The Balaban J connectivity index is 1.77. The minimum Gasteiger partial charge on any atom is -0.509 e. The molecule has 1 saturated heterocycles. The van der Waals surface area contributed by atoms with Crippen molar-refractivity contribution in [3.63, 3.8) is 0 Å². The van der Waals surface area contributed by atoms with Crippen LogP contribution in [0.5, 0.6) is 0 Å². The molecule has 178 valence electrons. The molecule has 6 unspecified atom stereocenters. The van der Waals surface area contributed by atoms with Crippen LogP contribution in [-0.2, 0) is 4.74 Å². The fraction of sp³-hybridized carbons (Fsp3) is 0.368. The first-order valence-electron chi connectivity index (χ1n) is 9.45. The molecule has 3 rings (SSSR count). The van der Waals surface area contributed by atoms with Gasteiger partial charge in [0.05, 0.1) is 24.4 Å². The summed E-state index contributed by atoms with van der Waals surface area (Å²) >= 11 is 0.841. The second kappa shape index (κ2) is 10.3. The van der Waals surface area contributed by atoms with E-state index in [1.165, 1.54) is 6.08 Å². The quantitative estimate of drug-likeness (QED) is 0.274. The molecule has 0 spiro atoms. The average Bonchev–Trinajstić information content (AvgIpc) is 2.78. The summed E-state index contributed by atoms with van der Waals surface area (Å²) in [5, 5.41) is 56.1. The van der Waals surface area contributed by atoms with Crippen LogP contribution < -0.4 is 16.5 Å². The number of nitriles is 1. The zero-order valence-corrected chi connectivity index (χ0v) is 17.5. The Labute approximate surface area is 189 Å². The zero-order chi connectivity index (χ0) is 24.3. The van der Waals surface area contributed by atoms with Crippen molar-refractivity contribution < 1.29 is 38.3 Å². The maximum Gasteiger partial charge on any atom is 0.194 e. The molecule has 1 aromatic rings. The van der Waals surface area contributed by atoms with Gasteiger partial charge in [0.1, 0.15) is 34.6 Å². The molecule has 10 nitrogen and oxygen atoms in total. The molecule has 0 aliphatic carbocycles. The molecule has 14 heteroatoms. The van der Waals surface area contributed by atoms with Gasteiger partial charge in [-0.1, -0.05) is 11.8 Å². The number of nitrogens with zero attached hydrogens (tertiary/aromatic N) is 2. The lowest BCUT2D eigenvalue weighted by Gasteiger charge is -2.42. The normalized spacial score (nSPS) is 30.0. The summed E-state index contributed by atoms with van der Waals surface area (Å²) in [5.41, 5.74) is 6.70. The van der Waals surface area contributed by atoms with Crippen molar-refractivity contribution in [2.24, 2.45) is 10.8 Å². The van der Waals surface area contributed by atoms with Gasteiger partial charge in [-0.15, -0.1) is 0 Å². The van der Waals surface area contributed by atoms with Crippen molar-refractivity contribution in [1.82, 2.24) is 10.7 Å². The molecule has 33 heavy (non-hydrogen) atoms. The maximum absolute atomic E-state index is 13.5. The summed E-state index contributed by atoms with van der Waals surface area (Å²) in [6.45, 7) is -0.612. The zero-order valence-electron chi connectivity index (χ0n) is 16.7. The molecule has 1 fully saturated rings. The fourth-order valence-electron chi connectivity index (χ4n) is 3.08. The molecule has 0 aromatic heterocycles. The number of hydrogen-bond donors (Lipinski definition) is 7. The molecule has 0 amide bonds. The smallest absolute Gasteiger partial charge is 0.194 e. The van der Waals surface area contributed by atoms with E-state index < -0.39 is 59.9 Å². The second-order valence-corrected chi connectivity index (χ2v) is 8.20. The third kappa shape index (κ3) is 5.34. The Bertz CT molecular complexity index is 1010. The van der Waals surface area contributed by atoms with Gasteiger partial charge in [-0.05, 0) is 12.1 Å². The van der Waals surface area contributed by atoms with Crippen LogP contribution in [0.4, 0.5) is 13.2 Å². The predicted octanol–water partition coefficient (Wildman–Crippen LogP) is -0.258. The van der Waals surface area contributed by atoms with E-state index in [0.29, 0.717) is 12.1 Å². The van der Waals surface area contributed by atoms with Crippen molar-refractivity contribution in [2.75, 3.05) is 6.61 Å². The molecule has 6 atom stereocenters. The van der Waals surface area contributed by atoms with E-state index >= 15 is 0 Å². The van der Waals surface area contributed by atoms with E-state index in [1.807, 2.05) is 0 Å². The van der Waals surface area contributed by atoms with Gasteiger partial charge in [0, 0.05) is 17.8 Å². The molecule has 8 N–H and O–H groups in total. The first-order valence-corrected chi connectivity index (χ1v) is 10.3. The largest absolute Gasteiger partial charge is 0.509 e. The Hall–Kier alpha value is -2.96. The Morgan fingerprint density at radius 2 is 1.97 bits per heavy atom. The van der Waals surface area contributed by atoms with Crippen LogP contribution >= 0.6 is 11.8 Å². The number of aliphatic hydroxyl groups is 4. The Kier molecular flexibility index (Phi) is 7.72. The van der Waals surface area contributed by atoms with Gasteiger partial charge >= 0.3 is 0 Å². The van der Waals surface area contributed by atoms with Gasteiger partial charge in [0.15, 0.2) is 23.5 Å². The van der Waals surface area contributed by atoms with Crippen molar-refractivity contribution in [3.05, 3.63) is 53.2 Å². The summed E-state index contributed by atoms with van der Waals surface area (Å²) in [5.74, 6) is -4.84. The number of thioether (sulfide) groups is 1. The van der Waals surface area contributed by atoms with Crippen LogP contribution in [0.25, 0.3) is 5.70 Å². The SMILES string of the molecule is N#CC1NN=C(SC2OC(CO)C(O)C(N/C=C(\N)c3cc(F)c(F)c(F)c3)C2O)C=C1O. The highest BCUT2D eigenvalue weighted by molar-refractivity contribution is 8.14. The number of ether oxygens (including phenoxy) is 1. The van der Waals surface area contributed by atoms with E-state index in [4.69, 9.17) is 15.7 Å². The highest BCUT2D eigenvalue weighted by Gasteiger charge is 2.45. The summed E-state index contributed by atoms with van der Waals surface area (Å²) < 4.78 is 45.6. The molecule has 0 radical (unpaired) electrons. The van der Waals surface area contributed by atoms with E-state index in [0.717, 1.165) is 18.0 Å². The summed E-state index contributed by atoms with van der Waals surface area (Å²) in [6, 6.07) is 0.949. The van der Waals surface area contributed by atoms with Gasteiger partial charge < -0.3 is 36.2 Å². The van der Waals surface area contributed by atoms with Crippen molar-refractivity contribution in [1.29, 1.82) is 5.26 Å². The summed E-state index contributed by atoms with van der Waals surface area (Å²) in [4.78, 5) is 0. The van der Waals surface area contributed by atoms with Gasteiger partial charge in [-0.3, -0.25) is 5.43 Å². The third-order valence-corrected chi connectivity index (χ3v) is 5.94. The second-order valence-electron chi connectivity index (χ2n) is 7.08. The number of nitrogens with one attached hydrogen (secondary N) is 2. The van der Waals surface area contributed by atoms with Crippen molar-refractivity contribution in [2.45, 2.75) is 35.8 Å². The molecule has 2 heterocycles. The number of halogens is 3. The molecule has 2 aliphatic heterocycles. The Morgan fingerprint density at radius 1 is 1.30 bits per heavy atom. The lowest BCUT2D eigenvalue weighted by atomic mass is 9.97. The number of aliphatic hydroxyl groups excluding tert-OH is 4. The average molecular weight is 487 g/mol. The lowest BCUT2D eigenvalue weighted by molar-refractivity contribution is -0.164. The number of hydrazone groups is 1. The molecule has 1 aromatic carbocycles. The number of hydrogen-bond acceptors (Lipinski definition) is 11. The molecule has 0 bridgehead atoms. The lowest BCUT2D eigenvalue weighted by Crippen LogP contribution is -2.62. The van der Waals surface area contributed by atoms with Crippen LogP contribution in [0, 0.1) is 28.8 Å². The van der Waals surface area contributed by atoms with Crippen LogP contribution in [0.15, 0.2) is 35.3 Å². The first kappa shape index (κ1) is 24.7. The summed E-state index contributed by atoms with van der Waals surface area (Å²) in [7, 11) is 0. The number of rotatable bonds is 5.